The summed E-state index contributed by atoms with van der Waals surface area (Å²) in [5, 5.41) is 3.46. The molecular weight excluding hydrogens is 270 g/mol. The predicted molar refractivity (Wildman–Crippen MR) is 82.7 cm³/mol. The van der Waals surface area contributed by atoms with Crippen molar-refractivity contribution in [3.63, 3.8) is 0 Å². The van der Waals surface area contributed by atoms with Gasteiger partial charge in [0.25, 0.3) is 0 Å². The number of hydrogen-bond acceptors (Lipinski definition) is 3. The monoisotopic (exact) mass is 295 g/mol. The van der Waals surface area contributed by atoms with Crippen molar-refractivity contribution in [2.75, 3.05) is 18.8 Å². The van der Waals surface area contributed by atoms with Gasteiger partial charge in [0.1, 0.15) is 0 Å². The third-order valence-electron chi connectivity index (χ3n) is 4.23. The van der Waals surface area contributed by atoms with Crippen molar-refractivity contribution in [1.29, 1.82) is 0 Å². The van der Waals surface area contributed by atoms with Gasteiger partial charge in [-0.3, -0.25) is 0 Å². The predicted octanol–water partition coefficient (Wildman–Crippen LogP) is 2.83. The largest absolute Gasteiger partial charge is 0.316 e. The zero-order valence-corrected chi connectivity index (χ0v) is 13.4. The molecule has 1 aliphatic rings. The molecule has 0 saturated heterocycles. The third kappa shape index (κ3) is 3.07. The van der Waals surface area contributed by atoms with Crippen LogP contribution in [0.4, 0.5) is 0 Å². The average Bonchev–Trinajstić information content (AvgIpc) is 2.67. The highest BCUT2D eigenvalue weighted by atomic mass is 32.2. The van der Waals surface area contributed by atoms with Crippen LogP contribution in [0.1, 0.15) is 38.7 Å². The minimum absolute atomic E-state index is 0.126. The first-order chi connectivity index (χ1) is 9.47. The Labute approximate surface area is 122 Å². The maximum atomic E-state index is 12.3. The second-order valence-electron chi connectivity index (χ2n) is 6.04. The van der Waals surface area contributed by atoms with Crippen LogP contribution >= 0.6 is 0 Å². The summed E-state index contributed by atoms with van der Waals surface area (Å²) < 4.78 is 24.6. The lowest BCUT2D eigenvalue weighted by Gasteiger charge is -2.27. The van der Waals surface area contributed by atoms with Crippen LogP contribution in [0.15, 0.2) is 29.2 Å². The van der Waals surface area contributed by atoms with E-state index in [1.54, 1.807) is 6.07 Å². The first-order valence-corrected chi connectivity index (χ1v) is 9.15. The molecule has 0 bridgehead atoms. The second kappa shape index (κ2) is 6.27. The van der Waals surface area contributed by atoms with Gasteiger partial charge in [0.15, 0.2) is 9.84 Å². The fraction of sp³-hybridized carbons (Fsp3) is 0.625. The Morgan fingerprint density at radius 3 is 2.65 bits per heavy atom. The smallest absolute Gasteiger partial charge is 0.179 e. The lowest BCUT2D eigenvalue weighted by molar-refractivity contribution is 0.319. The first kappa shape index (κ1) is 15.5. The van der Waals surface area contributed by atoms with E-state index in [2.05, 4.69) is 26.1 Å². The highest BCUT2D eigenvalue weighted by molar-refractivity contribution is 7.91. The Bertz CT molecular complexity index is 551. The van der Waals surface area contributed by atoms with Crippen LogP contribution in [0, 0.1) is 11.8 Å². The molecule has 3 nitrogen and oxygen atoms in total. The molecule has 0 saturated carbocycles. The molecule has 1 heterocycles. The fourth-order valence-corrected chi connectivity index (χ4v) is 5.07. The lowest BCUT2D eigenvalue weighted by atomic mass is 9.80. The normalized spacial score (nSPS) is 21.9. The Balaban J connectivity index is 2.27. The molecule has 0 fully saturated rings. The van der Waals surface area contributed by atoms with Gasteiger partial charge in [0.05, 0.1) is 10.6 Å². The maximum Gasteiger partial charge on any atom is 0.179 e. The quantitative estimate of drug-likeness (QED) is 0.821. The molecule has 0 aromatic heterocycles. The molecule has 0 aliphatic carbocycles. The van der Waals surface area contributed by atoms with E-state index in [9.17, 15) is 8.42 Å². The van der Waals surface area contributed by atoms with Gasteiger partial charge in [-0.2, -0.15) is 0 Å². The van der Waals surface area contributed by atoms with Crippen molar-refractivity contribution in [1.82, 2.24) is 5.32 Å². The number of benzene rings is 1. The summed E-state index contributed by atoms with van der Waals surface area (Å²) in [6, 6.07) is 7.50. The van der Waals surface area contributed by atoms with E-state index < -0.39 is 9.84 Å². The van der Waals surface area contributed by atoms with Crippen LogP contribution < -0.4 is 5.32 Å². The molecule has 4 heteroatoms. The number of rotatable bonds is 6. The van der Waals surface area contributed by atoms with Gasteiger partial charge < -0.3 is 5.32 Å². The van der Waals surface area contributed by atoms with Crippen LogP contribution in [-0.4, -0.2) is 27.3 Å². The highest BCUT2D eigenvalue weighted by Gasteiger charge is 2.39. The van der Waals surface area contributed by atoms with E-state index in [4.69, 9.17) is 0 Å². The summed E-state index contributed by atoms with van der Waals surface area (Å²) in [4.78, 5) is 0.547. The number of hydrogen-bond donors (Lipinski definition) is 1. The summed E-state index contributed by atoms with van der Waals surface area (Å²) in [5.74, 6) is 1.22. The van der Waals surface area contributed by atoms with E-state index in [0.29, 0.717) is 16.7 Å². The first-order valence-electron chi connectivity index (χ1n) is 7.49. The summed E-state index contributed by atoms with van der Waals surface area (Å²) >= 11 is 0. The number of sulfone groups is 1. The van der Waals surface area contributed by atoms with Crippen molar-refractivity contribution in [2.24, 2.45) is 11.8 Å². The summed E-state index contributed by atoms with van der Waals surface area (Å²) in [5.41, 5.74) is 1.02. The fourth-order valence-electron chi connectivity index (χ4n) is 3.13. The highest BCUT2D eigenvalue weighted by Crippen LogP contribution is 2.41. The number of fused-ring (bicyclic) bond motifs is 1. The molecule has 2 rings (SSSR count). The number of nitrogens with one attached hydrogen (secondary N) is 1. The molecule has 20 heavy (non-hydrogen) atoms. The Kier molecular flexibility index (Phi) is 4.86. The minimum atomic E-state index is -3.09. The molecule has 2 unspecified atom stereocenters. The summed E-state index contributed by atoms with van der Waals surface area (Å²) in [7, 11) is -3.09. The third-order valence-corrected chi connectivity index (χ3v) is 6.07. The van der Waals surface area contributed by atoms with Gasteiger partial charge in [-0.25, -0.2) is 8.42 Å². The van der Waals surface area contributed by atoms with Gasteiger partial charge in [-0.1, -0.05) is 39.0 Å². The van der Waals surface area contributed by atoms with Gasteiger partial charge in [-0.05, 0) is 43.0 Å². The van der Waals surface area contributed by atoms with E-state index in [1.165, 1.54) is 0 Å². The van der Waals surface area contributed by atoms with Crippen LogP contribution in [0.2, 0.25) is 0 Å². The Hall–Kier alpha value is -0.870. The van der Waals surface area contributed by atoms with Crippen molar-refractivity contribution in [3.8, 4) is 0 Å². The van der Waals surface area contributed by atoms with Gasteiger partial charge >= 0.3 is 0 Å². The van der Waals surface area contributed by atoms with Crippen LogP contribution in [0.25, 0.3) is 0 Å². The molecule has 1 aliphatic heterocycles. The molecule has 1 N–H and O–H groups in total. The van der Waals surface area contributed by atoms with Crippen molar-refractivity contribution < 1.29 is 8.42 Å². The van der Waals surface area contributed by atoms with Gasteiger partial charge in [0.2, 0.25) is 0 Å². The average molecular weight is 295 g/mol. The van der Waals surface area contributed by atoms with E-state index >= 15 is 0 Å². The minimum Gasteiger partial charge on any atom is -0.316 e. The van der Waals surface area contributed by atoms with Crippen LogP contribution in [-0.2, 0) is 9.84 Å². The van der Waals surface area contributed by atoms with Crippen LogP contribution in [0.3, 0.4) is 0 Å². The summed E-state index contributed by atoms with van der Waals surface area (Å²) in [6.07, 6.45) is 1.10. The molecule has 1 aromatic rings. The zero-order valence-electron chi connectivity index (χ0n) is 12.6. The van der Waals surface area contributed by atoms with Gasteiger partial charge in [0, 0.05) is 5.92 Å². The lowest BCUT2D eigenvalue weighted by Crippen LogP contribution is -2.32. The Morgan fingerprint density at radius 1 is 1.30 bits per heavy atom. The Morgan fingerprint density at radius 2 is 2.00 bits per heavy atom. The molecular formula is C16H25NO2S. The molecule has 0 spiro atoms. The molecule has 0 radical (unpaired) electrons. The summed E-state index contributed by atoms with van der Waals surface area (Å²) in [6.45, 7) is 8.40. The molecule has 0 amide bonds. The van der Waals surface area contributed by atoms with E-state index in [1.807, 2.05) is 18.2 Å². The van der Waals surface area contributed by atoms with Gasteiger partial charge in [-0.15, -0.1) is 0 Å². The maximum absolute atomic E-state index is 12.3. The molecule has 2 atom stereocenters. The second-order valence-corrected chi connectivity index (χ2v) is 8.04. The van der Waals surface area contributed by atoms with E-state index in [0.717, 1.165) is 25.1 Å². The van der Waals surface area contributed by atoms with Crippen molar-refractivity contribution in [2.45, 2.75) is 38.0 Å². The van der Waals surface area contributed by atoms with Crippen molar-refractivity contribution in [3.05, 3.63) is 29.8 Å². The standard InChI is InChI=1S/C16H25NO2S/c1-4-9-17-10-14(12(2)3)15-11-20(18,19)16-8-6-5-7-13(15)16/h5-8,12,14-15,17H,4,9-11H2,1-3H3. The molecule has 112 valence electrons. The topological polar surface area (TPSA) is 46.2 Å². The van der Waals surface area contributed by atoms with Crippen molar-refractivity contribution >= 4 is 9.84 Å². The SMILES string of the molecule is CCCNCC(C(C)C)C1CS(=O)(=O)c2ccccc21. The van der Waals surface area contributed by atoms with Crippen LogP contribution in [0.5, 0.6) is 0 Å². The molecule has 1 aromatic carbocycles. The van der Waals surface area contributed by atoms with E-state index in [-0.39, 0.29) is 11.7 Å². The zero-order chi connectivity index (χ0) is 14.8.